The van der Waals surface area contributed by atoms with E-state index in [0.29, 0.717) is 17.7 Å². The number of methoxy groups -OCH3 is 2. The Morgan fingerprint density at radius 2 is 1.70 bits per heavy atom. The van der Waals surface area contributed by atoms with E-state index in [1.54, 1.807) is 12.1 Å². The minimum absolute atomic E-state index is 0.00668. The van der Waals surface area contributed by atoms with Gasteiger partial charge in [-0.05, 0) is 36.6 Å². The Hall–Kier alpha value is -3.18. The van der Waals surface area contributed by atoms with Crippen molar-refractivity contribution in [2.75, 3.05) is 20.8 Å². The fourth-order valence-corrected chi connectivity index (χ4v) is 3.32. The predicted octanol–water partition coefficient (Wildman–Crippen LogP) is 1.55. The number of nitrogens with zero attached hydrogens (tertiary/aromatic N) is 1. The molecule has 0 saturated carbocycles. The first-order valence-electron chi connectivity index (χ1n) is 8.93. The normalized spacial score (nSPS) is 11.0. The van der Waals surface area contributed by atoms with Crippen LogP contribution >= 0.6 is 0 Å². The van der Waals surface area contributed by atoms with Crippen molar-refractivity contribution in [3.05, 3.63) is 57.6 Å². The minimum Gasteiger partial charge on any atom is -0.493 e. The fourth-order valence-electron chi connectivity index (χ4n) is 2.81. The summed E-state index contributed by atoms with van der Waals surface area (Å²) in [4.78, 5) is 22.9. The summed E-state index contributed by atoms with van der Waals surface area (Å²) in [5.74, 6) is 0.395. The van der Waals surface area contributed by atoms with Crippen LogP contribution in [-0.2, 0) is 27.7 Å². The summed E-state index contributed by atoms with van der Waals surface area (Å²) >= 11 is 0. The average Bonchev–Trinajstić information content (AvgIpc) is 2.71. The van der Waals surface area contributed by atoms with Crippen molar-refractivity contribution in [3.63, 3.8) is 0 Å². The van der Waals surface area contributed by atoms with Crippen LogP contribution in [0.25, 0.3) is 0 Å². The van der Waals surface area contributed by atoms with Crippen molar-refractivity contribution in [2.24, 2.45) is 5.14 Å². The Labute approximate surface area is 174 Å². The number of ether oxygens (including phenoxy) is 2. The minimum atomic E-state index is -3.75. The van der Waals surface area contributed by atoms with Gasteiger partial charge in [-0.15, -0.1) is 0 Å². The molecule has 1 amide bonds. The second-order valence-corrected chi connectivity index (χ2v) is 7.94. The van der Waals surface area contributed by atoms with Crippen molar-refractivity contribution < 1.29 is 27.6 Å². The van der Waals surface area contributed by atoms with Gasteiger partial charge in [-0.25, -0.2) is 13.6 Å². The molecule has 10 nitrogen and oxygen atoms in total. The van der Waals surface area contributed by atoms with Crippen molar-refractivity contribution in [1.82, 2.24) is 5.32 Å². The Morgan fingerprint density at radius 1 is 1.10 bits per heavy atom. The molecule has 11 heteroatoms. The molecule has 2 rings (SSSR count). The third kappa shape index (κ3) is 6.16. The second-order valence-electron chi connectivity index (χ2n) is 6.38. The zero-order valence-corrected chi connectivity index (χ0v) is 17.4. The standard InChI is InChI=1S/C19H23N3O7S/c1-28-17-11-14(16(22(24)25)12-18(17)29-2)9-10-21-19(23)8-5-13-3-6-15(7-4-13)30(20,26)27/h3-4,6-7,11-12H,5,8-10H2,1-2H3,(H,21,23)(H2,20,26,27). The van der Waals surface area contributed by atoms with Gasteiger partial charge in [0.05, 0.1) is 30.1 Å². The highest BCUT2D eigenvalue weighted by Crippen LogP contribution is 2.34. The molecular weight excluding hydrogens is 414 g/mol. The third-order valence-corrected chi connectivity index (χ3v) is 5.32. The maximum Gasteiger partial charge on any atom is 0.276 e. The predicted molar refractivity (Wildman–Crippen MR) is 109 cm³/mol. The van der Waals surface area contributed by atoms with Crippen LogP contribution in [0.2, 0.25) is 0 Å². The van der Waals surface area contributed by atoms with Gasteiger partial charge in [0.15, 0.2) is 11.5 Å². The molecule has 0 aliphatic heterocycles. The second kappa shape index (κ2) is 10.0. The van der Waals surface area contributed by atoms with Crippen LogP contribution in [-0.4, -0.2) is 40.0 Å². The topological polar surface area (TPSA) is 151 Å². The van der Waals surface area contributed by atoms with Crippen LogP contribution in [0.3, 0.4) is 0 Å². The number of rotatable bonds is 10. The number of nitrogens with one attached hydrogen (secondary N) is 1. The molecule has 0 spiro atoms. The van der Waals surface area contributed by atoms with Gasteiger partial charge in [-0.3, -0.25) is 14.9 Å². The van der Waals surface area contributed by atoms with Gasteiger partial charge in [-0.2, -0.15) is 0 Å². The Balaban J connectivity index is 1.92. The molecule has 30 heavy (non-hydrogen) atoms. The number of nitrogens with two attached hydrogens (primary N) is 1. The van der Waals surface area contributed by atoms with Gasteiger partial charge in [0, 0.05) is 18.5 Å². The van der Waals surface area contributed by atoms with Gasteiger partial charge in [-0.1, -0.05) is 12.1 Å². The summed E-state index contributed by atoms with van der Waals surface area (Å²) in [6.45, 7) is 0.208. The van der Waals surface area contributed by atoms with E-state index < -0.39 is 14.9 Å². The average molecular weight is 437 g/mol. The van der Waals surface area contributed by atoms with Crippen LogP contribution in [0.15, 0.2) is 41.3 Å². The summed E-state index contributed by atoms with van der Waals surface area (Å²) in [5, 5.41) is 19.1. The van der Waals surface area contributed by atoms with Crippen molar-refractivity contribution in [1.29, 1.82) is 0 Å². The molecule has 0 aromatic heterocycles. The number of hydrogen-bond acceptors (Lipinski definition) is 7. The number of carbonyl (C=O) groups excluding carboxylic acids is 1. The molecule has 2 aromatic rings. The molecule has 0 saturated heterocycles. The van der Waals surface area contributed by atoms with E-state index in [-0.39, 0.29) is 41.6 Å². The fraction of sp³-hybridized carbons (Fsp3) is 0.316. The lowest BCUT2D eigenvalue weighted by molar-refractivity contribution is -0.385. The molecule has 2 aromatic carbocycles. The highest BCUT2D eigenvalue weighted by Gasteiger charge is 2.19. The van der Waals surface area contributed by atoms with Crippen LogP contribution in [0.5, 0.6) is 11.5 Å². The van der Waals surface area contributed by atoms with Gasteiger partial charge in [0.25, 0.3) is 5.69 Å². The summed E-state index contributed by atoms with van der Waals surface area (Å²) < 4.78 is 32.7. The number of carbonyl (C=O) groups is 1. The van der Waals surface area contributed by atoms with E-state index in [0.717, 1.165) is 5.56 Å². The molecule has 0 aliphatic rings. The smallest absolute Gasteiger partial charge is 0.276 e. The molecule has 0 aliphatic carbocycles. The lowest BCUT2D eigenvalue weighted by Gasteiger charge is -2.11. The number of primary sulfonamides is 1. The van der Waals surface area contributed by atoms with Crippen LogP contribution < -0.4 is 19.9 Å². The van der Waals surface area contributed by atoms with E-state index in [2.05, 4.69) is 5.32 Å². The van der Waals surface area contributed by atoms with Crippen LogP contribution in [0.4, 0.5) is 5.69 Å². The van der Waals surface area contributed by atoms with Crippen LogP contribution in [0, 0.1) is 10.1 Å². The maximum atomic E-state index is 12.1. The lowest BCUT2D eigenvalue weighted by Crippen LogP contribution is -2.26. The summed E-state index contributed by atoms with van der Waals surface area (Å²) in [6, 6.07) is 8.79. The Bertz CT molecular complexity index is 1020. The number of amides is 1. The van der Waals surface area contributed by atoms with E-state index in [9.17, 15) is 23.3 Å². The van der Waals surface area contributed by atoms with Gasteiger partial charge in [0.1, 0.15) is 0 Å². The lowest BCUT2D eigenvalue weighted by atomic mass is 10.1. The largest absolute Gasteiger partial charge is 0.493 e. The summed E-state index contributed by atoms with van der Waals surface area (Å²) in [5.41, 5.74) is 1.08. The number of nitro benzene ring substituents is 1. The van der Waals surface area contributed by atoms with E-state index in [1.807, 2.05) is 0 Å². The molecule has 3 N–H and O–H groups in total. The number of sulfonamides is 1. The zero-order valence-electron chi connectivity index (χ0n) is 16.6. The van der Waals surface area contributed by atoms with Gasteiger partial charge < -0.3 is 14.8 Å². The molecule has 0 heterocycles. The van der Waals surface area contributed by atoms with E-state index in [4.69, 9.17) is 14.6 Å². The number of nitro groups is 1. The Kier molecular flexibility index (Phi) is 7.72. The molecule has 0 radical (unpaired) electrons. The Morgan fingerprint density at radius 3 is 2.23 bits per heavy atom. The molecular formula is C19H23N3O7S. The molecule has 162 valence electrons. The molecule has 0 bridgehead atoms. The van der Waals surface area contributed by atoms with Crippen molar-refractivity contribution >= 4 is 21.6 Å². The van der Waals surface area contributed by atoms with Gasteiger partial charge in [0.2, 0.25) is 15.9 Å². The number of hydrogen-bond donors (Lipinski definition) is 2. The first-order chi connectivity index (χ1) is 14.2. The third-order valence-electron chi connectivity index (χ3n) is 4.39. The number of benzene rings is 2. The summed E-state index contributed by atoms with van der Waals surface area (Å²) in [6.07, 6.45) is 0.835. The van der Waals surface area contributed by atoms with Crippen LogP contribution in [0.1, 0.15) is 17.5 Å². The van der Waals surface area contributed by atoms with E-state index >= 15 is 0 Å². The highest BCUT2D eigenvalue weighted by atomic mass is 32.2. The molecule has 0 unspecified atom stereocenters. The monoisotopic (exact) mass is 437 g/mol. The number of aryl methyl sites for hydroxylation is 1. The quantitative estimate of drug-likeness (QED) is 0.423. The summed E-state index contributed by atoms with van der Waals surface area (Å²) in [7, 11) is -0.924. The van der Waals surface area contributed by atoms with Gasteiger partial charge >= 0.3 is 0 Å². The van der Waals surface area contributed by atoms with Crippen molar-refractivity contribution in [3.8, 4) is 11.5 Å². The molecule has 0 fully saturated rings. The van der Waals surface area contributed by atoms with Crippen molar-refractivity contribution in [2.45, 2.75) is 24.2 Å². The first-order valence-corrected chi connectivity index (χ1v) is 10.5. The highest BCUT2D eigenvalue weighted by molar-refractivity contribution is 7.89. The maximum absolute atomic E-state index is 12.1. The molecule has 0 atom stereocenters. The first kappa shape index (κ1) is 23.1. The SMILES string of the molecule is COc1cc(CCNC(=O)CCc2ccc(S(N)(=O)=O)cc2)c([N+](=O)[O-])cc1OC. The van der Waals surface area contributed by atoms with E-state index in [1.165, 1.54) is 38.5 Å². The zero-order chi connectivity index (χ0) is 22.3.